The van der Waals surface area contributed by atoms with Gasteiger partial charge in [0.15, 0.2) is 0 Å². The first kappa shape index (κ1) is 17.2. The Kier molecular flexibility index (Phi) is 4.91. The zero-order valence-electron chi connectivity index (χ0n) is 13.0. The van der Waals surface area contributed by atoms with E-state index < -0.39 is 11.7 Å². The molecule has 0 aliphatic rings. The normalized spacial score (nSPS) is 11.3. The second-order valence-corrected chi connectivity index (χ2v) is 6.51. The maximum Gasteiger partial charge on any atom is 0.262 e. The lowest BCUT2D eigenvalue weighted by molar-refractivity contribution is -0.121. The number of rotatable bonds is 4. The summed E-state index contributed by atoms with van der Waals surface area (Å²) >= 11 is 6.97. The van der Waals surface area contributed by atoms with Crippen molar-refractivity contribution >= 4 is 45.3 Å². The largest absolute Gasteiger partial charge is 0.289 e. The number of aryl methyl sites for hydroxylation is 1. The number of carbonyl (C=O) groups excluding carboxylic acids is 1. The number of nitrogens with zero attached hydrogens (tertiary/aromatic N) is 3. The number of thiophene rings is 1. The lowest BCUT2D eigenvalue weighted by Crippen LogP contribution is -2.30. The Morgan fingerprint density at radius 2 is 2.32 bits per heavy atom. The number of carbonyl (C=O) groups is 1. The molecule has 1 aromatic carbocycles. The predicted octanol–water partition coefficient (Wildman–Crippen LogP) is 2.71. The lowest BCUT2D eigenvalue weighted by atomic mass is 10.2. The topological polar surface area (TPSA) is 76.3 Å². The number of hydrazone groups is 1. The average molecular weight is 379 g/mol. The molecule has 0 saturated heterocycles. The summed E-state index contributed by atoms with van der Waals surface area (Å²) in [7, 11) is 0. The number of hydrogen-bond acceptors (Lipinski definition) is 5. The molecule has 0 aliphatic heterocycles. The molecule has 25 heavy (non-hydrogen) atoms. The van der Waals surface area contributed by atoms with Crippen molar-refractivity contribution in [2.75, 3.05) is 0 Å². The highest BCUT2D eigenvalue weighted by atomic mass is 35.5. The second kappa shape index (κ2) is 7.12. The van der Waals surface area contributed by atoms with Gasteiger partial charge in [0, 0.05) is 0 Å². The molecule has 0 bridgehead atoms. The number of amides is 1. The van der Waals surface area contributed by atoms with E-state index in [1.165, 1.54) is 40.6 Å². The van der Waals surface area contributed by atoms with Gasteiger partial charge in [-0.2, -0.15) is 5.10 Å². The monoisotopic (exact) mass is 378 g/mol. The molecule has 128 valence electrons. The van der Waals surface area contributed by atoms with Crippen molar-refractivity contribution in [3.8, 4) is 0 Å². The molecular weight excluding hydrogens is 367 g/mol. The molecule has 3 rings (SSSR count). The predicted molar refractivity (Wildman–Crippen MR) is 95.8 cm³/mol. The number of fused-ring (bicyclic) bond motifs is 1. The quantitative estimate of drug-likeness (QED) is 0.560. The lowest BCUT2D eigenvalue weighted by Gasteiger charge is -2.04. The number of hydrogen-bond donors (Lipinski definition) is 1. The van der Waals surface area contributed by atoms with Crippen molar-refractivity contribution in [3.05, 3.63) is 62.2 Å². The minimum absolute atomic E-state index is 0.00665. The molecule has 0 fully saturated rings. The zero-order chi connectivity index (χ0) is 18.0. The van der Waals surface area contributed by atoms with E-state index in [4.69, 9.17) is 11.6 Å². The Bertz CT molecular complexity index is 1040. The van der Waals surface area contributed by atoms with E-state index in [2.05, 4.69) is 15.5 Å². The number of halogens is 2. The third-order valence-corrected chi connectivity index (χ3v) is 4.72. The summed E-state index contributed by atoms with van der Waals surface area (Å²) in [4.78, 5) is 29.1. The first-order valence-corrected chi connectivity index (χ1v) is 8.41. The summed E-state index contributed by atoms with van der Waals surface area (Å²) in [5.74, 6) is -1.07. The van der Waals surface area contributed by atoms with Crippen LogP contribution in [0, 0.1) is 12.7 Å². The van der Waals surface area contributed by atoms with Crippen LogP contribution in [0.4, 0.5) is 4.39 Å². The van der Waals surface area contributed by atoms with Crippen LogP contribution < -0.4 is 11.0 Å². The first-order chi connectivity index (χ1) is 12.0. The van der Waals surface area contributed by atoms with Gasteiger partial charge >= 0.3 is 0 Å². The summed E-state index contributed by atoms with van der Waals surface area (Å²) in [6.07, 6.45) is 2.61. The Hall–Kier alpha value is -2.58. The van der Waals surface area contributed by atoms with E-state index in [-0.39, 0.29) is 17.1 Å². The first-order valence-electron chi connectivity index (χ1n) is 7.16. The van der Waals surface area contributed by atoms with Crippen LogP contribution in [0.5, 0.6) is 0 Å². The molecule has 2 aromatic heterocycles. The van der Waals surface area contributed by atoms with Crippen LogP contribution in [0.1, 0.15) is 11.1 Å². The second-order valence-electron chi connectivity index (χ2n) is 5.24. The van der Waals surface area contributed by atoms with E-state index in [1.54, 1.807) is 6.07 Å². The molecule has 0 unspecified atom stereocenters. The highest BCUT2D eigenvalue weighted by Crippen LogP contribution is 2.19. The fraction of sp³-hybridized carbons (Fsp3) is 0.125. The minimum atomic E-state index is -0.575. The molecule has 2 heterocycles. The fourth-order valence-electron chi connectivity index (χ4n) is 2.18. The van der Waals surface area contributed by atoms with E-state index in [0.717, 1.165) is 5.56 Å². The Morgan fingerprint density at radius 1 is 1.52 bits per heavy atom. The third kappa shape index (κ3) is 3.75. The smallest absolute Gasteiger partial charge is 0.262 e. The van der Waals surface area contributed by atoms with Gasteiger partial charge in [0.25, 0.3) is 11.5 Å². The van der Waals surface area contributed by atoms with Gasteiger partial charge < -0.3 is 0 Å². The summed E-state index contributed by atoms with van der Waals surface area (Å²) in [6, 6.07) is 4.14. The van der Waals surface area contributed by atoms with E-state index in [0.29, 0.717) is 15.8 Å². The molecule has 1 N–H and O–H groups in total. The van der Waals surface area contributed by atoms with E-state index in [1.807, 2.05) is 12.3 Å². The van der Waals surface area contributed by atoms with Gasteiger partial charge in [-0.05, 0) is 35.6 Å². The molecular formula is C16H12ClFN4O2S. The molecule has 0 atom stereocenters. The van der Waals surface area contributed by atoms with E-state index >= 15 is 0 Å². The molecule has 3 aromatic rings. The van der Waals surface area contributed by atoms with Crippen LogP contribution in [0.25, 0.3) is 10.2 Å². The molecule has 0 radical (unpaired) electrons. The summed E-state index contributed by atoms with van der Waals surface area (Å²) in [5, 5.41) is 6.11. The SMILES string of the molecule is Cc1csc2ncn(CC(=O)N/N=C/c3ccc(Cl)c(F)c3)c(=O)c12. The zero-order valence-corrected chi connectivity index (χ0v) is 14.6. The van der Waals surface area contributed by atoms with Gasteiger partial charge in [-0.25, -0.2) is 14.8 Å². The third-order valence-electron chi connectivity index (χ3n) is 3.41. The van der Waals surface area contributed by atoms with E-state index in [9.17, 15) is 14.0 Å². The number of aromatic nitrogens is 2. The van der Waals surface area contributed by atoms with Crippen LogP contribution >= 0.6 is 22.9 Å². The van der Waals surface area contributed by atoms with Gasteiger partial charge in [0.1, 0.15) is 17.2 Å². The van der Waals surface area contributed by atoms with Crippen molar-refractivity contribution in [1.29, 1.82) is 0 Å². The van der Waals surface area contributed by atoms with Crippen LogP contribution in [0.2, 0.25) is 5.02 Å². The molecule has 0 aliphatic carbocycles. The molecule has 6 nitrogen and oxygen atoms in total. The minimum Gasteiger partial charge on any atom is -0.289 e. The Morgan fingerprint density at radius 3 is 3.08 bits per heavy atom. The summed E-state index contributed by atoms with van der Waals surface area (Å²) in [6.45, 7) is 1.60. The number of benzene rings is 1. The van der Waals surface area contributed by atoms with Crippen LogP contribution in [-0.4, -0.2) is 21.7 Å². The maximum absolute atomic E-state index is 13.3. The van der Waals surface area contributed by atoms with Crippen molar-refractivity contribution in [3.63, 3.8) is 0 Å². The number of nitrogens with one attached hydrogen (secondary N) is 1. The Labute approximate surface area is 150 Å². The van der Waals surface area contributed by atoms with Gasteiger partial charge in [-0.15, -0.1) is 11.3 Å². The molecule has 0 saturated carbocycles. The van der Waals surface area contributed by atoms with Crippen molar-refractivity contribution in [2.24, 2.45) is 5.10 Å². The van der Waals surface area contributed by atoms with Gasteiger partial charge in [0.2, 0.25) is 0 Å². The highest BCUT2D eigenvalue weighted by molar-refractivity contribution is 7.16. The summed E-state index contributed by atoms with van der Waals surface area (Å²) in [5.41, 5.74) is 3.28. The van der Waals surface area contributed by atoms with Crippen molar-refractivity contribution < 1.29 is 9.18 Å². The van der Waals surface area contributed by atoms with Crippen LogP contribution in [0.3, 0.4) is 0 Å². The standard InChI is InChI=1S/C16H12ClFN4O2S/c1-9-7-25-15-14(9)16(24)22(8-19-15)6-13(23)21-20-5-10-2-3-11(17)12(18)4-10/h2-5,7-8H,6H2,1H3,(H,21,23)/b20-5+. The molecule has 1 amide bonds. The maximum atomic E-state index is 13.3. The average Bonchev–Trinajstić information content (AvgIpc) is 2.95. The van der Waals surface area contributed by atoms with Crippen LogP contribution in [-0.2, 0) is 11.3 Å². The fourth-order valence-corrected chi connectivity index (χ4v) is 3.18. The van der Waals surface area contributed by atoms with Crippen molar-refractivity contribution in [1.82, 2.24) is 15.0 Å². The Balaban J connectivity index is 1.69. The van der Waals surface area contributed by atoms with Gasteiger partial charge in [-0.3, -0.25) is 14.2 Å². The van der Waals surface area contributed by atoms with Gasteiger partial charge in [-0.1, -0.05) is 17.7 Å². The van der Waals surface area contributed by atoms with Gasteiger partial charge in [0.05, 0.1) is 23.0 Å². The van der Waals surface area contributed by atoms with Crippen molar-refractivity contribution in [2.45, 2.75) is 13.5 Å². The molecule has 0 spiro atoms. The van der Waals surface area contributed by atoms with Crippen LogP contribution in [0.15, 0.2) is 39.8 Å². The molecule has 9 heteroatoms. The highest BCUT2D eigenvalue weighted by Gasteiger charge is 2.11. The summed E-state index contributed by atoms with van der Waals surface area (Å²) < 4.78 is 14.5.